The number of aromatic nitrogens is 2. The van der Waals surface area contributed by atoms with E-state index in [1.165, 1.54) is 27.2 Å². The van der Waals surface area contributed by atoms with Crippen LogP contribution in [0.15, 0.2) is 37.1 Å². The lowest BCUT2D eigenvalue weighted by molar-refractivity contribution is -0.128. The smallest absolute Gasteiger partial charge is 0.243 e. The summed E-state index contributed by atoms with van der Waals surface area (Å²) in [4.78, 5) is 35.3. The first-order valence-electron chi connectivity index (χ1n) is 12.9. The largest absolute Gasteiger partial charge is 0.495 e. The molecule has 11 nitrogen and oxygen atoms in total. The van der Waals surface area contributed by atoms with Crippen molar-refractivity contribution in [1.29, 1.82) is 0 Å². The number of fused-ring (bicyclic) bond motifs is 1. The lowest BCUT2D eigenvalue weighted by Crippen LogP contribution is -2.45. The van der Waals surface area contributed by atoms with Crippen molar-refractivity contribution >= 4 is 57.4 Å². The molecule has 2 aromatic heterocycles. The minimum Gasteiger partial charge on any atom is -0.495 e. The van der Waals surface area contributed by atoms with Gasteiger partial charge in [0.05, 0.1) is 61.3 Å². The van der Waals surface area contributed by atoms with Crippen molar-refractivity contribution in [1.82, 2.24) is 20.2 Å². The second kappa shape index (κ2) is 12.0. The number of likely N-dealkylation sites (tertiary alicyclic amines) is 1. The summed E-state index contributed by atoms with van der Waals surface area (Å²) in [5.74, 6) is 1.58. The molecule has 0 bridgehead atoms. The standard InChI is InChI=1S/C28H30Cl2N6O5/c1-5-24(38)34-20-11-36(14(2)37)10-19(20)33-23-7-17-15(9-31-23)6-18(35-28(17)32-16-12-41-13-16)25-26(29)21(39-3)8-22(40-4)27(25)30/h5-9,16,19-20H,1,10-13H2,2-4H3,(H,31,33)(H,32,35)(H,34,38)/t19-,20+/m1/s1. The molecule has 13 heteroatoms. The molecular weight excluding hydrogens is 571 g/mol. The van der Waals surface area contributed by atoms with Gasteiger partial charge < -0.3 is 35.1 Å². The highest BCUT2D eigenvalue weighted by Crippen LogP contribution is 2.46. The normalized spacial score (nSPS) is 18.5. The van der Waals surface area contributed by atoms with E-state index < -0.39 is 0 Å². The number of methoxy groups -OCH3 is 2. The third-order valence-electron chi connectivity index (χ3n) is 7.13. The second-order valence-corrected chi connectivity index (χ2v) is 10.6. The lowest BCUT2D eigenvalue weighted by atomic mass is 10.1. The number of hydrogen-bond donors (Lipinski definition) is 3. The number of carbonyl (C=O) groups excluding carboxylic acids is 2. The van der Waals surface area contributed by atoms with Crippen LogP contribution in [-0.2, 0) is 14.3 Å². The summed E-state index contributed by atoms with van der Waals surface area (Å²) < 4.78 is 16.3. The third kappa shape index (κ3) is 5.83. The van der Waals surface area contributed by atoms with Gasteiger partial charge in [-0.2, -0.15) is 0 Å². The average Bonchev–Trinajstić information content (AvgIpc) is 3.33. The number of nitrogens with zero attached hydrogens (tertiary/aromatic N) is 3. The van der Waals surface area contributed by atoms with Crippen LogP contribution in [0.1, 0.15) is 6.92 Å². The number of benzene rings is 1. The van der Waals surface area contributed by atoms with Gasteiger partial charge in [0.25, 0.3) is 0 Å². The fourth-order valence-corrected chi connectivity index (χ4v) is 5.57. The maximum atomic E-state index is 12.1. The van der Waals surface area contributed by atoms with Crippen LogP contribution in [0.3, 0.4) is 0 Å². The van der Waals surface area contributed by atoms with E-state index in [4.69, 9.17) is 42.4 Å². The van der Waals surface area contributed by atoms with Crippen LogP contribution in [0.4, 0.5) is 11.6 Å². The predicted molar refractivity (Wildman–Crippen MR) is 158 cm³/mol. The molecule has 216 valence electrons. The molecule has 0 saturated carbocycles. The minimum atomic E-state index is -0.320. The van der Waals surface area contributed by atoms with Crippen LogP contribution in [0.5, 0.6) is 11.5 Å². The third-order valence-corrected chi connectivity index (χ3v) is 7.89. The van der Waals surface area contributed by atoms with Crippen molar-refractivity contribution in [3.05, 3.63) is 47.1 Å². The molecule has 3 aromatic rings. The van der Waals surface area contributed by atoms with Crippen LogP contribution in [0, 0.1) is 0 Å². The molecule has 41 heavy (non-hydrogen) atoms. The van der Waals surface area contributed by atoms with Gasteiger partial charge in [0, 0.05) is 48.6 Å². The van der Waals surface area contributed by atoms with E-state index in [2.05, 4.69) is 27.5 Å². The van der Waals surface area contributed by atoms with Crippen molar-refractivity contribution in [2.45, 2.75) is 25.0 Å². The van der Waals surface area contributed by atoms with Crippen LogP contribution < -0.4 is 25.4 Å². The number of ether oxygens (including phenoxy) is 3. The van der Waals surface area contributed by atoms with Crippen molar-refractivity contribution in [3.8, 4) is 22.8 Å². The number of rotatable bonds is 9. The predicted octanol–water partition coefficient (Wildman–Crippen LogP) is 3.74. The van der Waals surface area contributed by atoms with E-state index in [0.717, 1.165) is 10.8 Å². The first kappa shape index (κ1) is 28.7. The molecule has 2 amide bonds. The number of carbonyl (C=O) groups is 2. The topological polar surface area (TPSA) is 127 Å². The van der Waals surface area contributed by atoms with E-state index in [9.17, 15) is 9.59 Å². The van der Waals surface area contributed by atoms with Crippen molar-refractivity contribution < 1.29 is 23.8 Å². The Morgan fingerprint density at radius 2 is 1.76 bits per heavy atom. The molecule has 4 heterocycles. The van der Waals surface area contributed by atoms with Crippen molar-refractivity contribution in [2.75, 3.05) is 51.2 Å². The molecule has 3 N–H and O–H groups in total. The molecule has 0 aliphatic carbocycles. The van der Waals surface area contributed by atoms with Gasteiger partial charge in [-0.05, 0) is 18.2 Å². The molecule has 2 atom stereocenters. The summed E-state index contributed by atoms with van der Waals surface area (Å²) in [6.45, 7) is 6.92. The summed E-state index contributed by atoms with van der Waals surface area (Å²) in [5.41, 5.74) is 0.979. The van der Waals surface area contributed by atoms with Crippen molar-refractivity contribution in [3.63, 3.8) is 0 Å². The summed E-state index contributed by atoms with van der Waals surface area (Å²) in [6.07, 6.45) is 2.93. The molecular formula is C28H30Cl2N6O5. The van der Waals surface area contributed by atoms with Crippen LogP contribution in [0.2, 0.25) is 10.0 Å². The molecule has 0 spiro atoms. The minimum absolute atomic E-state index is 0.0731. The van der Waals surface area contributed by atoms with Gasteiger partial charge in [-0.3, -0.25) is 9.59 Å². The summed E-state index contributed by atoms with van der Waals surface area (Å²) in [6, 6.07) is 4.85. The summed E-state index contributed by atoms with van der Waals surface area (Å²) >= 11 is 13.4. The highest BCUT2D eigenvalue weighted by atomic mass is 35.5. The van der Waals surface area contributed by atoms with Gasteiger partial charge in [-0.15, -0.1) is 0 Å². The zero-order valence-corrected chi connectivity index (χ0v) is 24.3. The monoisotopic (exact) mass is 600 g/mol. The van der Waals surface area contributed by atoms with Gasteiger partial charge >= 0.3 is 0 Å². The Balaban J connectivity index is 1.55. The molecule has 2 fully saturated rings. The van der Waals surface area contributed by atoms with Crippen LogP contribution in [0.25, 0.3) is 22.0 Å². The highest BCUT2D eigenvalue weighted by Gasteiger charge is 2.35. The van der Waals surface area contributed by atoms with E-state index in [-0.39, 0.29) is 29.9 Å². The molecule has 5 rings (SSSR count). The van der Waals surface area contributed by atoms with E-state index >= 15 is 0 Å². The maximum absolute atomic E-state index is 12.1. The number of amides is 2. The van der Waals surface area contributed by atoms with Gasteiger partial charge in [0.1, 0.15) is 23.1 Å². The molecule has 1 aromatic carbocycles. The number of anilines is 2. The van der Waals surface area contributed by atoms with E-state index in [1.807, 2.05) is 12.1 Å². The Bertz CT molecular complexity index is 1490. The first-order valence-corrected chi connectivity index (χ1v) is 13.7. The molecule has 2 saturated heterocycles. The Hall–Kier alpha value is -3.80. The average molecular weight is 601 g/mol. The lowest BCUT2D eigenvalue weighted by Gasteiger charge is -2.28. The van der Waals surface area contributed by atoms with E-state index in [1.54, 1.807) is 17.2 Å². The number of hydrogen-bond acceptors (Lipinski definition) is 9. The molecule has 0 radical (unpaired) electrons. The Labute approximate surface area is 247 Å². The van der Waals surface area contributed by atoms with E-state index in [0.29, 0.717) is 70.7 Å². The molecule has 2 aliphatic heterocycles. The fraction of sp³-hybridized carbons (Fsp3) is 0.357. The fourth-order valence-electron chi connectivity index (χ4n) is 4.87. The molecule has 2 aliphatic rings. The summed E-state index contributed by atoms with van der Waals surface area (Å²) in [7, 11) is 3.03. The first-order chi connectivity index (χ1) is 19.7. The highest BCUT2D eigenvalue weighted by molar-refractivity contribution is 6.41. The van der Waals surface area contributed by atoms with Crippen LogP contribution in [-0.4, -0.2) is 85.3 Å². The van der Waals surface area contributed by atoms with Gasteiger partial charge in [0.2, 0.25) is 11.8 Å². The number of nitrogens with one attached hydrogen (secondary N) is 3. The SMILES string of the molecule is C=CC(=O)N[C@H]1CN(C(C)=O)C[C@H]1Nc1cc2c(NC3COC3)nc(-c3c(Cl)c(OC)cc(OC)c3Cl)cc2cn1. The Kier molecular flexibility index (Phi) is 8.39. The van der Waals surface area contributed by atoms with Crippen molar-refractivity contribution in [2.24, 2.45) is 0 Å². The van der Waals surface area contributed by atoms with Gasteiger partial charge in [0.15, 0.2) is 0 Å². The summed E-state index contributed by atoms with van der Waals surface area (Å²) in [5, 5.41) is 11.9. The van der Waals surface area contributed by atoms with Crippen LogP contribution >= 0.6 is 23.2 Å². The zero-order chi connectivity index (χ0) is 29.3. The maximum Gasteiger partial charge on any atom is 0.243 e. The zero-order valence-electron chi connectivity index (χ0n) is 22.8. The quantitative estimate of drug-likeness (QED) is 0.315. The van der Waals surface area contributed by atoms with Gasteiger partial charge in [-0.25, -0.2) is 9.97 Å². The molecule has 0 unspecified atom stereocenters. The second-order valence-electron chi connectivity index (χ2n) is 9.80. The number of halogens is 2. The Morgan fingerprint density at radius 1 is 1.07 bits per heavy atom. The number of pyridine rings is 2. The van der Waals surface area contributed by atoms with Gasteiger partial charge in [-0.1, -0.05) is 29.8 Å². The Morgan fingerprint density at radius 3 is 2.34 bits per heavy atom.